The summed E-state index contributed by atoms with van der Waals surface area (Å²) < 4.78 is 3.27. The standard InChI is InChI=1S/C17H15N9O/c27-17(21-14-1-3-16(4-2-14)26-12-19-23-24-26)22-15-9-20-25(11-15)10-13-5-7-18-8-6-13/h1-9,11-12H,10H2,(H2,21,22,27). The number of nitrogens with zero attached hydrogens (tertiary/aromatic N) is 7. The molecule has 0 aliphatic heterocycles. The zero-order chi connectivity index (χ0) is 18.5. The van der Waals surface area contributed by atoms with E-state index in [0.29, 0.717) is 17.9 Å². The minimum absolute atomic E-state index is 0.353. The molecule has 0 saturated carbocycles. The van der Waals surface area contributed by atoms with Crippen molar-refractivity contribution in [3.63, 3.8) is 0 Å². The highest BCUT2D eigenvalue weighted by Crippen LogP contribution is 2.13. The lowest BCUT2D eigenvalue weighted by molar-refractivity contribution is 0.262. The fraction of sp³-hybridized carbons (Fsp3) is 0.0588. The van der Waals surface area contributed by atoms with Crippen LogP contribution in [0.3, 0.4) is 0 Å². The molecule has 0 radical (unpaired) electrons. The molecule has 2 N–H and O–H groups in total. The molecule has 0 unspecified atom stereocenters. The van der Waals surface area contributed by atoms with Crippen LogP contribution in [-0.2, 0) is 6.54 Å². The van der Waals surface area contributed by atoms with Crippen LogP contribution in [-0.4, -0.2) is 41.0 Å². The van der Waals surface area contributed by atoms with E-state index in [1.165, 1.54) is 11.0 Å². The Morgan fingerprint density at radius 3 is 2.52 bits per heavy atom. The van der Waals surface area contributed by atoms with Gasteiger partial charge < -0.3 is 10.6 Å². The van der Waals surface area contributed by atoms with Gasteiger partial charge in [-0.1, -0.05) is 0 Å². The van der Waals surface area contributed by atoms with E-state index in [2.05, 4.69) is 36.2 Å². The number of aromatic nitrogens is 7. The van der Waals surface area contributed by atoms with Crippen molar-refractivity contribution >= 4 is 17.4 Å². The second-order valence-electron chi connectivity index (χ2n) is 5.66. The summed E-state index contributed by atoms with van der Waals surface area (Å²) in [7, 11) is 0. The van der Waals surface area contributed by atoms with Gasteiger partial charge in [-0.2, -0.15) is 5.10 Å². The molecule has 27 heavy (non-hydrogen) atoms. The Bertz CT molecular complexity index is 1010. The average Bonchev–Trinajstić information content (AvgIpc) is 3.36. The van der Waals surface area contributed by atoms with Gasteiger partial charge in [-0.15, -0.1) is 5.10 Å². The third-order valence-electron chi connectivity index (χ3n) is 3.72. The summed E-state index contributed by atoms with van der Waals surface area (Å²) in [6.45, 7) is 0.602. The molecule has 10 nitrogen and oxygen atoms in total. The van der Waals surface area contributed by atoms with Crippen LogP contribution in [0.25, 0.3) is 5.69 Å². The third-order valence-corrected chi connectivity index (χ3v) is 3.72. The SMILES string of the molecule is O=C(Nc1ccc(-n2cnnn2)cc1)Nc1cnn(Cc2ccncc2)c1. The molecule has 134 valence electrons. The summed E-state index contributed by atoms with van der Waals surface area (Å²) in [5.41, 5.74) is 3.12. The van der Waals surface area contributed by atoms with Crippen molar-refractivity contribution in [2.75, 3.05) is 10.6 Å². The van der Waals surface area contributed by atoms with Gasteiger partial charge in [0.15, 0.2) is 0 Å². The summed E-state index contributed by atoms with van der Waals surface area (Å²) >= 11 is 0. The first kappa shape index (κ1) is 16.4. The molecule has 3 heterocycles. The van der Waals surface area contributed by atoms with Crippen LogP contribution in [0.2, 0.25) is 0 Å². The van der Waals surface area contributed by atoms with E-state index < -0.39 is 0 Å². The van der Waals surface area contributed by atoms with E-state index in [-0.39, 0.29) is 6.03 Å². The van der Waals surface area contributed by atoms with Crippen LogP contribution >= 0.6 is 0 Å². The van der Waals surface area contributed by atoms with Gasteiger partial charge in [-0.05, 0) is 52.4 Å². The normalized spacial score (nSPS) is 10.5. The van der Waals surface area contributed by atoms with Gasteiger partial charge in [0.05, 0.1) is 24.1 Å². The van der Waals surface area contributed by atoms with E-state index >= 15 is 0 Å². The number of pyridine rings is 1. The highest BCUT2D eigenvalue weighted by Gasteiger charge is 2.06. The first-order chi connectivity index (χ1) is 13.3. The van der Waals surface area contributed by atoms with Crippen LogP contribution in [0.1, 0.15) is 5.56 Å². The lowest BCUT2D eigenvalue weighted by atomic mass is 10.3. The second kappa shape index (κ2) is 7.44. The van der Waals surface area contributed by atoms with Crippen LogP contribution < -0.4 is 10.6 Å². The second-order valence-corrected chi connectivity index (χ2v) is 5.66. The molecule has 0 spiro atoms. The van der Waals surface area contributed by atoms with E-state index in [1.54, 1.807) is 53.7 Å². The fourth-order valence-electron chi connectivity index (χ4n) is 2.46. The summed E-state index contributed by atoms with van der Waals surface area (Å²) in [4.78, 5) is 16.1. The smallest absolute Gasteiger partial charge is 0.308 e. The molecule has 0 atom stereocenters. The maximum atomic E-state index is 12.2. The quantitative estimate of drug-likeness (QED) is 0.561. The molecule has 0 fully saturated rings. The zero-order valence-corrected chi connectivity index (χ0v) is 14.1. The number of nitrogens with one attached hydrogen (secondary N) is 2. The Kier molecular flexibility index (Phi) is 4.51. The molecular formula is C17H15N9O. The highest BCUT2D eigenvalue weighted by molar-refractivity contribution is 5.99. The topological polar surface area (TPSA) is 115 Å². The zero-order valence-electron chi connectivity index (χ0n) is 14.1. The molecule has 0 bridgehead atoms. The van der Waals surface area contributed by atoms with Gasteiger partial charge in [-0.3, -0.25) is 9.67 Å². The van der Waals surface area contributed by atoms with Crippen molar-refractivity contribution in [2.24, 2.45) is 0 Å². The van der Waals surface area contributed by atoms with Crippen LogP contribution in [0.5, 0.6) is 0 Å². The molecule has 4 rings (SSSR count). The monoisotopic (exact) mass is 361 g/mol. The van der Waals surface area contributed by atoms with Crippen molar-refractivity contribution < 1.29 is 4.79 Å². The van der Waals surface area contributed by atoms with Gasteiger partial charge in [-0.25, -0.2) is 9.48 Å². The van der Waals surface area contributed by atoms with Gasteiger partial charge in [0.1, 0.15) is 6.33 Å². The van der Waals surface area contributed by atoms with Gasteiger partial charge in [0.25, 0.3) is 0 Å². The number of amides is 2. The maximum absolute atomic E-state index is 12.2. The number of anilines is 2. The number of tetrazole rings is 1. The predicted octanol–water partition coefficient (Wildman–Crippen LogP) is 1.95. The molecule has 0 aliphatic carbocycles. The molecule has 3 aromatic heterocycles. The molecule has 0 saturated heterocycles. The third kappa shape index (κ3) is 4.12. The number of hydrogen-bond donors (Lipinski definition) is 2. The molecule has 0 aliphatic rings. The first-order valence-electron chi connectivity index (χ1n) is 8.09. The minimum Gasteiger partial charge on any atom is -0.308 e. The molecular weight excluding hydrogens is 346 g/mol. The summed E-state index contributed by atoms with van der Waals surface area (Å²) in [5.74, 6) is 0. The largest absolute Gasteiger partial charge is 0.323 e. The minimum atomic E-state index is -0.353. The average molecular weight is 361 g/mol. The summed E-state index contributed by atoms with van der Waals surface area (Å²) in [5, 5.41) is 20.7. The van der Waals surface area contributed by atoms with Crippen molar-refractivity contribution in [3.8, 4) is 5.69 Å². The van der Waals surface area contributed by atoms with Crippen molar-refractivity contribution in [1.82, 2.24) is 35.0 Å². The van der Waals surface area contributed by atoms with E-state index in [1.807, 2.05) is 12.1 Å². The first-order valence-corrected chi connectivity index (χ1v) is 8.09. The lowest BCUT2D eigenvalue weighted by Crippen LogP contribution is -2.19. The molecule has 4 aromatic rings. The Morgan fingerprint density at radius 2 is 1.78 bits per heavy atom. The Labute approximate surface area is 153 Å². The maximum Gasteiger partial charge on any atom is 0.323 e. The van der Waals surface area contributed by atoms with E-state index in [4.69, 9.17) is 0 Å². The number of urea groups is 1. The molecule has 10 heteroatoms. The summed E-state index contributed by atoms with van der Waals surface area (Å²) in [6.07, 6.45) is 8.33. The predicted molar refractivity (Wildman–Crippen MR) is 97.4 cm³/mol. The number of carbonyl (C=O) groups excluding carboxylic acids is 1. The van der Waals surface area contributed by atoms with Crippen molar-refractivity contribution in [1.29, 1.82) is 0 Å². The molecule has 2 amide bonds. The van der Waals surface area contributed by atoms with Crippen LogP contribution in [0.15, 0.2) is 67.5 Å². The number of hydrogen-bond acceptors (Lipinski definition) is 6. The summed E-state index contributed by atoms with van der Waals surface area (Å²) in [6, 6.07) is 10.6. The fourth-order valence-corrected chi connectivity index (χ4v) is 2.46. The van der Waals surface area contributed by atoms with Gasteiger partial charge in [0, 0.05) is 24.3 Å². The van der Waals surface area contributed by atoms with E-state index in [0.717, 1.165) is 11.3 Å². The number of carbonyl (C=O) groups is 1. The Balaban J connectivity index is 1.34. The Morgan fingerprint density at radius 1 is 1.00 bits per heavy atom. The lowest BCUT2D eigenvalue weighted by Gasteiger charge is -2.07. The van der Waals surface area contributed by atoms with Crippen molar-refractivity contribution in [3.05, 3.63) is 73.1 Å². The number of benzene rings is 1. The Hall–Kier alpha value is -4.08. The van der Waals surface area contributed by atoms with Gasteiger partial charge in [0.2, 0.25) is 0 Å². The van der Waals surface area contributed by atoms with Crippen LogP contribution in [0, 0.1) is 0 Å². The molecule has 1 aromatic carbocycles. The van der Waals surface area contributed by atoms with Crippen molar-refractivity contribution in [2.45, 2.75) is 6.54 Å². The highest BCUT2D eigenvalue weighted by atomic mass is 16.2. The van der Waals surface area contributed by atoms with Gasteiger partial charge >= 0.3 is 6.03 Å². The van der Waals surface area contributed by atoms with E-state index in [9.17, 15) is 4.79 Å². The number of rotatable bonds is 5. The van der Waals surface area contributed by atoms with Crippen LogP contribution in [0.4, 0.5) is 16.2 Å².